The van der Waals surface area contributed by atoms with E-state index >= 15 is 0 Å². The lowest BCUT2D eigenvalue weighted by atomic mass is 10.3. The predicted molar refractivity (Wildman–Crippen MR) is 70.1 cm³/mol. The molecule has 0 saturated heterocycles. The topological polar surface area (TPSA) is 30.4 Å². The minimum Gasteiger partial charge on any atom is -0.463 e. The third-order valence-electron chi connectivity index (χ3n) is 2.95. The fourth-order valence-corrected chi connectivity index (χ4v) is 2.39. The monoisotopic (exact) mass is 290 g/mol. The van der Waals surface area contributed by atoms with Crippen molar-refractivity contribution >= 4 is 21.6 Å². The summed E-state index contributed by atoms with van der Waals surface area (Å²) in [6.07, 6.45) is 1.67. The summed E-state index contributed by atoms with van der Waals surface area (Å²) in [6.45, 7) is 4.12. The van der Waals surface area contributed by atoms with Crippen molar-refractivity contribution in [3.8, 4) is 11.5 Å². The van der Waals surface area contributed by atoms with Gasteiger partial charge in [0.15, 0.2) is 5.76 Å². The van der Waals surface area contributed by atoms with E-state index in [2.05, 4.69) is 39.2 Å². The molecule has 0 bridgehead atoms. The number of aryl methyl sites for hydroxylation is 2. The fourth-order valence-electron chi connectivity index (χ4n) is 2.08. The lowest BCUT2D eigenvalue weighted by Crippen LogP contribution is -1.94. The van der Waals surface area contributed by atoms with Crippen LogP contribution in [0.15, 0.2) is 39.4 Å². The molecule has 3 heterocycles. The molecule has 0 aromatic carbocycles. The minimum absolute atomic E-state index is 0.807. The van der Waals surface area contributed by atoms with E-state index in [1.54, 1.807) is 6.26 Å². The minimum atomic E-state index is 0.807. The van der Waals surface area contributed by atoms with Gasteiger partial charge in [0.25, 0.3) is 0 Å². The van der Waals surface area contributed by atoms with E-state index in [9.17, 15) is 0 Å². The molecule has 3 nitrogen and oxygen atoms in total. The summed E-state index contributed by atoms with van der Waals surface area (Å²) in [5, 5.41) is 0. The predicted octanol–water partition coefficient (Wildman–Crippen LogP) is 3.97. The standard InChI is InChI=1S/C13H11BrN2O/c1-8-10(14)5-6-12-15-13(9(2)16(8)12)11-4-3-7-17-11/h3-7H,1-2H3. The van der Waals surface area contributed by atoms with Gasteiger partial charge in [0, 0.05) is 10.2 Å². The van der Waals surface area contributed by atoms with Crippen LogP contribution in [0.5, 0.6) is 0 Å². The molecule has 0 aliphatic heterocycles. The molecule has 0 aliphatic rings. The highest BCUT2D eigenvalue weighted by Gasteiger charge is 2.14. The van der Waals surface area contributed by atoms with E-state index in [4.69, 9.17) is 4.42 Å². The Hall–Kier alpha value is -1.55. The van der Waals surface area contributed by atoms with Crippen molar-refractivity contribution < 1.29 is 4.42 Å². The summed E-state index contributed by atoms with van der Waals surface area (Å²) < 4.78 is 8.62. The van der Waals surface area contributed by atoms with Gasteiger partial charge < -0.3 is 4.42 Å². The van der Waals surface area contributed by atoms with Crippen LogP contribution in [0.3, 0.4) is 0 Å². The number of pyridine rings is 1. The fraction of sp³-hybridized carbons (Fsp3) is 0.154. The van der Waals surface area contributed by atoms with Gasteiger partial charge in [0.2, 0.25) is 0 Å². The van der Waals surface area contributed by atoms with E-state index in [-0.39, 0.29) is 0 Å². The average molecular weight is 291 g/mol. The Labute approximate surface area is 107 Å². The molecule has 0 fully saturated rings. The lowest BCUT2D eigenvalue weighted by molar-refractivity contribution is 0.580. The molecule has 86 valence electrons. The molecule has 4 heteroatoms. The largest absolute Gasteiger partial charge is 0.463 e. The number of fused-ring (bicyclic) bond motifs is 1. The highest BCUT2D eigenvalue weighted by molar-refractivity contribution is 9.10. The molecule has 0 aliphatic carbocycles. The third kappa shape index (κ3) is 1.52. The molecule has 0 saturated carbocycles. The van der Waals surface area contributed by atoms with E-state index in [1.807, 2.05) is 24.3 Å². The van der Waals surface area contributed by atoms with Crippen LogP contribution < -0.4 is 0 Å². The first-order valence-electron chi connectivity index (χ1n) is 5.36. The summed E-state index contributed by atoms with van der Waals surface area (Å²) >= 11 is 3.54. The molecular formula is C13H11BrN2O. The van der Waals surface area contributed by atoms with Crippen LogP contribution in [-0.4, -0.2) is 9.38 Å². The maximum Gasteiger partial charge on any atom is 0.154 e. The zero-order valence-electron chi connectivity index (χ0n) is 9.57. The molecule has 0 N–H and O–H groups in total. The SMILES string of the molecule is Cc1c(Br)ccc2nc(-c3ccco3)c(C)n12. The normalized spacial score (nSPS) is 11.2. The van der Waals surface area contributed by atoms with Crippen molar-refractivity contribution in [2.45, 2.75) is 13.8 Å². The third-order valence-corrected chi connectivity index (χ3v) is 3.79. The Morgan fingerprint density at radius 2 is 2.00 bits per heavy atom. The summed E-state index contributed by atoms with van der Waals surface area (Å²) in [5.74, 6) is 0.807. The van der Waals surface area contributed by atoms with Crippen LogP contribution in [0.1, 0.15) is 11.4 Å². The molecule has 17 heavy (non-hydrogen) atoms. The van der Waals surface area contributed by atoms with Crippen LogP contribution in [0.2, 0.25) is 0 Å². The first kappa shape index (κ1) is 10.6. The van der Waals surface area contributed by atoms with Crippen molar-refractivity contribution in [1.82, 2.24) is 9.38 Å². The van der Waals surface area contributed by atoms with Crippen LogP contribution in [0.4, 0.5) is 0 Å². The maximum atomic E-state index is 5.41. The summed E-state index contributed by atoms with van der Waals surface area (Å²) in [4.78, 5) is 4.61. The molecule has 3 aromatic heterocycles. The lowest BCUT2D eigenvalue weighted by Gasteiger charge is -2.04. The zero-order chi connectivity index (χ0) is 12.0. The van der Waals surface area contributed by atoms with Gasteiger partial charge in [0.05, 0.1) is 12.0 Å². The number of hydrogen-bond acceptors (Lipinski definition) is 2. The number of hydrogen-bond donors (Lipinski definition) is 0. The quantitative estimate of drug-likeness (QED) is 0.679. The molecule has 0 amide bonds. The molecule has 0 spiro atoms. The first-order chi connectivity index (χ1) is 8.18. The van der Waals surface area contributed by atoms with Crippen molar-refractivity contribution in [3.05, 3.63) is 46.4 Å². The van der Waals surface area contributed by atoms with Crippen LogP contribution in [-0.2, 0) is 0 Å². The highest BCUT2D eigenvalue weighted by Crippen LogP contribution is 2.27. The molecular weight excluding hydrogens is 280 g/mol. The van der Waals surface area contributed by atoms with Gasteiger partial charge in [-0.25, -0.2) is 4.98 Å². The van der Waals surface area contributed by atoms with Gasteiger partial charge in [-0.3, -0.25) is 4.40 Å². The number of nitrogens with zero attached hydrogens (tertiary/aromatic N) is 2. The first-order valence-corrected chi connectivity index (χ1v) is 6.16. The van der Waals surface area contributed by atoms with Crippen molar-refractivity contribution in [2.24, 2.45) is 0 Å². The molecule has 3 rings (SSSR count). The Morgan fingerprint density at radius 1 is 1.18 bits per heavy atom. The van der Waals surface area contributed by atoms with Gasteiger partial charge >= 0.3 is 0 Å². The summed E-state index contributed by atoms with van der Waals surface area (Å²) in [6, 6.07) is 7.82. The summed E-state index contributed by atoms with van der Waals surface area (Å²) in [5.41, 5.74) is 4.07. The Morgan fingerprint density at radius 3 is 2.71 bits per heavy atom. The van der Waals surface area contributed by atoms with Crippen LogP contribution in [0, 0.1) is 13.8 Å². The maximum absolute atomic E-state index is 5.41. The molecule has 0 atom stereocenters. The van der Waals surface area contributed by atoms with Gasteiger partial charge in [-0.15, -0.1) is 0 Å². The number of imidazole rings is 1. The molecule has 0 unspecified atom stereocenters. The molecule has 0 radical (unpaired) electrons. The second kappa shape index (κ2) is 3.74. The van der Waals surface area contributed by atoms with Crippen molar-refractivity contribution in [1.29, 1.82) is 0 Å². The summed E-state index contributed by atoms with van der Waals surface area (Å²) in [7, 11) is 0. The Bertz CT molecular complexity index is 683. The Balaban J connectivity index is 2.37. The van der Waals surface area contributed by atoms with E-state index < -0.39 is 0 Å². The highest BCUT2D eigenvalue weighted by atomic mass is 79.9. The van der Waals surface area contributed by atoms with Gasteiger partial charge in [0.1, 0.15) is 11.3 Å². The second-order valence-electron chi connectivity index (χ2n) is 3.98. The number of halogens is 1. The number of rotatable bonds is 1. The number of aromatic nitrogens is 2. The number of furan rings is 1. The van der Waals surface area contributed by atoms with Crippen LogP contribution in [0.25, 0.3) is 17.1 Å². The average Bonchev–Trinajstić information content (AvgIpc) is 2.91. The van der Waals surface area contributed by atoms with Crippen molar-refractivity contribution in [2.75, 3.05) is 0 Å². The zero-order valence-corrected chi connectivity index (χ0v) is 11.2. The van der Waals surface area contributed by atoms with Gasteiger partial charge in [-0.05, 0) is 54.0 Å². The van der Waals surface area contributed by atoms with Crippen molar-refractivity contribution in [3.63, 3.8) is 0 Å². The molecule has 3 aromatic rings. The van der Waals surface area contributed by atoms with Gasteiger partial charge in [-0.2, -0.15) is 0 Å². The Kier molecular flexibility index (Phi) is 2.33. The van der Waals surface area contributed by atoms with Gasteiger partial charge in [-0.1, -0.05) is 0 Å². The van der Waals surface area contributed by atoms with Crippen LogP contribution >= 0.6 is 15.9 Å². The van der Waals surface area contributed by atoms with E-state index in [0.717, 1.165) is 33.0 Å². The van der Waals surface area contributed by atoms with E-state index in [1.165, 1.54) is 0 Å². The second-order valence-corrected chi connectivity index (χ2v) is 4.84. The smallest absolute Gasteiger partial charge is 0.154 e. The van der Waals surface area contributed by atoms with E-state index in [0.29, 0.717) is 0 Å².